The van der Waals surface area contributed by atoms with Crippen molar-refractivity contribution in [3.63, 3.8) is 0 Å². The van der Waals surface area contributed by atoms with Crippen molar-refractivity contribution in [2.45, 2.75) is 86.5 Å². The molecule has 2 fully saturated rings. The van der Waals surface area contributed by atoms with E-state index in [1.165, 1.54) is 51.4 Å². The first-order chi connectivity index (χ1) is 7.24. The molecule has 0 aromatic heterocycles. The molecule has 0 unspecified atom stereocenters. The van der Waals surface area contributed by atoms with Crippen LogP contribution < -0.4 is 0 Å². The molecule has 2 aliphatic carbocycles. The van der Waals surface area contributed by atoms with Gasteiger partial charge in [-0.2, -0.15) is 0 Å². The minimum absolute atomic E-state index is 0. The molecule has 0 N–H and O–H groups in total. The first-order valence-corrected chi connectivity index (χ1v) is 7.24. The maximum atomic E-state index is 2.43. The lowest BCUT2D eigenvalue weighted by Gasteiger charge is -2.32. The quantitative estimate of drug-likeness (QED) is 0.531. The molecular formula is C17H36. The van der Waals surface area contributed by atoms with Crippen LogP contribution in [0.15, 0.2) is 0 Å². The minimum atomic E-state index is 0. The SMILES string of the molecule is C.C.CC1CCC(CC2CCC(C)CC2)CC1. The number of hydrogen-bond donors (Lipinski definition) is 0. The van der Waals surface area contributed by atoms with E-state index in [1.807, 2.05) is 0 Å². The molecule has 0 heteroatoms. The van der Waals surface area contributed by atoms with E-state index < -0.39 is 0 Å². The van der Waals surface area contributed by atoms with Gasteiger partial charge in [0.25, 0.3) is 0 Å². The van der Waals surface area contributed by atoms with Crippen LogP contribution in [-0.4, -0.2) is 0 Å². The molecule has 2 saturated carbocycles. The second-order valence-electron chi connectivity index (χ2n) is 6.49. The molecule has 2 aliphatic rings. The lowest BCUT2D eigenvalue weighted by atomic mass is 9.74. The van der Waals surface area contributed by atoms with Crippen LogP contribution in [0.2, 0.25) is 0 Å². The highest BCUT2D eigenvalue weighted by Gasteiger charge is 2.24. The topological polar surface area (TPSA) is 0 Å². The van der Waals surface area contributed by atoms with Gasteiger partial charge >= 0.3 is 0 Å². The molecule has 0 saturated heterocycles. The summed E-state index contributed by atoms with van der Waals surface area (Å²) >= 11 is 0. The Morgan fingerprint density at radius 1 is 0.588 bits per heavy atom. The normalized spacial score (nSPS) is 37.8. The van der Waals surface area contributed by atoms with Crippen molar-refractivity contribution in [2.75, 3.05) is 0 Å². The predicted molar refractivity (Wildman–Crippen MR) is 80.3 cm³/mol. The third-order valence-electron chi connectivity index (χ3n) is 4.94. The molecular weight excluding hydrogens is 204 g/mol. The van der Waals surface area contributed by atoms with Crippen LogP contribution in [-0.2, 0) is 0 Å². The fourth-order valence-electron chi connectivity index (χ4n) is 3.60. The standard InChI is InChI=1S/C15H28.2CH4/c1-12-3-7-14(8-4-12)11-15-9-5-13(2)6-10-15;;/h12-15H,3-11H2,1-2H3;2*1H4. The zero-order chi connectivity index (χ0) is 10.7. The summed E-state index contributed by atoms with van der Waals surface area (Å²) in [6.07, 6.45) is 13.7. The van der Waals surface area contributed by atoms with Gasteiger partial charge in [0.1, 0.15) is 0 Å². The average Bonchev–Trinajstić information content (AvgIpc) is 2.25. The van der Waals surface area contributed by atoms with Crippen LogP contribution in [0, 0.1) is 23.7 Å². The molecule has 0 spiro atoms. The Kier molecular flexibility index (Phi) is 8.16. The molecule has 0 aliphatic heterocycles. The summed E-state index contributed by atoms with van der Waals surface area (Å²) in [5, 5.41) is 0. The Hall–Kier alpha value is 0. The summed E-state index contributed by atoms with van der Waals surface area (Å²) < 4.78 is 0. The van der Waals surface area contributed by atoms with Crippen LogP contribution in [0.25, 0.3) is 0 Å². The fourth-order valence-corrected chi connectivity index (χ4v) is 3.60. The van der Waals surface area contributed by atoms with Crippen molar-refractivity contribution in [1.82, 2.24) is 0 Å². The van der Waals surface area contributed by atoms with Crippen molar-refractivity contribution in [3.8, 4) is 0 Å². The second kappa shape index (κ2) is 8.16. The highest BCUT2D eigenvalue weighted by molar-refractivity contribution is 4.76. The Morgan fingerprint density at radius 3 is 1.18 bits per heavy atom. The summed E-state index contributed by atoms with van der Waals surface area (Å²) in [6.45, 7) is 4.86. The van der Waals surface area contributed by atoms with E-state index in [0.29, 0.717) is 0 Å². The Labute approximate surface area is 111 Å². The fraction of sp³-hybridized carbons (Fsp3) is 1.00. The smallest absolute Gasteiger partial charge is 0.0411 e. The molecule has 0 heterocycles. The van der Waals surface area contributed by atoms with Gasteiger partial charge in [-0.3, -0.25) is 0 Å². The van der Waals surface area contributed by atoms with Gasteiger partial charge in [0.15, 0.2) is 0 Å². The van der Waals surface area contributed by atoms with E-state index in [1.54, 1.807) is 6.42 Å². The van der Waals surface area contributed by atoms with E-state index >= 15 is 0 Å². The van der Waals surface area contributed by atoms with Gasteiger partial charge in [-0.15, -0.1) is 0 Å². The average molecular weight is 240 g/mol. The molecule has 0 atom stereocenters. The summed E-state index contributed by atoms with van der Waals surface area (Å²) in [7, 11) is 0. The maximum Gasteiger partial charge on any atom is -0.0411 e. The first kappa shape index (κ1) is 17.0. The Balaban J connectivity index is 0.00000128. The van der Waals surface area contributed by atoms with Crippen molar-refractivity contribution in [2.24, 2.45) is 23.7 Å². The van der Waals surface area contributed by atoms with Crippen molar-refractivity contribution < 1.29 is 0 Å². The first-order valence-electron chi connectivity index (χ1n) is 7.24. The molecule has 0 bridgehead atoms. The lowest BCUT2D eigenvalue weighted by Crippen LogP contribution is -2.19. The van der Waals surface area contributed by atoms with E-state index in [2.05, 4.69) is 13.8 Å². The minimum Gasteiger partial charge on any atom is -0.0776 e. The molecule has 0 aromatic rings. The molecule has 104 valence electrons. The largest absolute Gasteiger partial charge is 0.0776 e. The van der Waals surface area contributed by atoms with Gasteiger partial charge in [0, 0.05) is 0 Å². The van der Waals surface area contributed by atoms with Gasteiger partial charge in [-0.05, 0) is 30.1 Å². The Bertz CT molecular complexity index is 148. The van der Waals surface area contributed by atoms with E-state index in [-0.39, 0.29) is 14.9 Å². The molecule has 0 radical (unpaired) electrons. The van der Waals surface area contributed by atoms with Crippen LogP contribution >= 0.6 is 0 Å². The molecule has 0 nitrogen and oxygen atoms in total. The zero-order valence-corrected chi connectivity index (χ0v) is 10.7. The highest BCUT2D eigenvalue weighted by atomic mass is 14.3. The highest BCUT2D eigenvalue weighted by Crippen LogP contribution is 2.37. The van der Waals surface area contributed by atoms with Crippen molar-refractivity contribution >= 4 is 0 Å². The maximum absolute atomic E-state index is 2.43. The van der Waals surface area contributed by atoms with Crippen LogP contribution in [0.4, 0.5) is 0 Å². The van der Waals surface area contributed by atoms with E-state index in [0.717, 1.165) is 23.7 Å². The molecule has 17 heavy (non-hydrogen) atoms. The number of rotatable bonds is 2. The van der Waals surface area contributed by atoms with Gasteiger partial charge < -0.3 is 0 Å². The summed E-state index contributed by atoms with van der Waals surface area (Å²) in [6, 6.07) is 0. The number of hydrogen-bond acceptors (Lipinski definition) is 0. The van der Waals surface area contributed by atoms with Crippen LogP contribution in [0.1, 0.15) is 86.5 Å². The predicted octanol–water partition coefficient (Wildman–Crippen LogP) is 6.30. The third kappa shape index (κ3) is 5.44. The second-order valence-corrected chi connectivity index (χ2v) is 6.49. The third-order valence-corrected chi connectivity index (χ3v) is 4.94. The van der Waals surface area contributed by atoms with Gasteiger partial charge in [0.05, 0.1) is 0 Å². The summed E-state index contributed by atoms with van der Waals surface area (Å²) in [4.78, 5) is 0. The summed E-state index contributed by atoms with van der Waals surface area (Å²) in [5.74, 6) is 4.24. The van der Waals surface area contributed by atoms with Crippen LogP contribution in [0.3, 0.4) is 0 Å². The molecule has 0 amide bonds. The monoisotopic (exact) mass is 240 g/mol. The van der Waals surface area contributed by atoms with Crippen molar-refractivity contribution in [1.29, 1.82) is 0 Å². The molecule has 0 aromatic carbocycles. The van der Waals surface area contributed by atoms with Crippen LogP contribution in [0.5, 0.6) is 0 Å². The van der Waals surface area contributed by atoms with Crippen molar-refractivity contribution in [3.05, 3.63) is 0 Å². The molecule has 2 rings (SSSR count). The van der Waals surface area contributed by atoms with Gasteiger partial charge in [-0.1, -0.05) is 80.1 Å². The van der Waals surface area contributed by atoms with Gasteiger partial charge in [0.2, 0.25) is 0 Å². The van der Waals surface area contributed by atoms with E-state index in [9.17, 15) is 0 Å². The lowest BCUT2D eigenvalue weighted by molar-refractivity contribution is 0.201. The van der Waals surface area contributed by atoms with Gasteiger partial charge in [-0.25, -0.2) is 0 Å². The van der Waals surface area contributed by atoms with E-state index in [4.69, 9.17) is 0 Å². The Morgan fingerprint density at radius 2 is 0.882 bits per heavy atom. The summed E-state index contributed by atoms with van der Waals surface area (Å²) in [5.41, 5.74) is 0. The zero-order valence-electron chi connectivity index (χ0n) is 10.7.